The fourth-order valence-corrected chi connectivity index (χ4v) is 2.45. The van der Waals surface area contributed by atoms with Gasteiger partial charge in [0.05, 0.1) is 16.7 Å². The van der Waals surface area contributed by atoms with Crippen molar-refractivity contribution in [3.8, 4) is 5.69 Å². The fourth-order valence-electron chi connectivity index (χ4n) is 2.23. The van der Waals surface area contributed by atoms with Gasteiger partial charge in [0.2, 0.25) is 0 Å². The van der Waals surface area contributed by atoms with Gasteiger partial charge in [-0.1, -0.05) is 0 Å². The molecule has 18 heavy (non-hydrogen) atoms. The predicted octanol–water partition coefficient (Wildman–Crippen LogP) is 3.40. The van der Waals surface area contributed by atoms with E-state index >= 15 is 0 Å². The number of imidazole rings is 1. The molecule has 2 aromatic heterocycles. The van der Waals surface area contributed by atoms with Gasteiger partial charge in [0.15, 0.2) is 5.16 Å². The van der Waals surface area contributed by atoms with Crippen molar-refractivity contribution in [1.29, 1.82) is 0 Å². The average Bonchev–Trinajstić information content (AvgIpc) is 2.80. The summed E-state index contributed by atoms with van der Waals surface area (Å²) in [7, 11) is 0. The molecule has 1 aromatic carbocycles. The van der Waals surface area contributed by atoms with Gasteiger partial charge in [-0.15, -0.1) is 12.6 Å². The number of aromatic nitrogens is 3. The lowest BCUT2D eigenvalue weighted by Crippen LogP contribution is -2.01. The Labute approximate surface area is 109 Å². The summed E-state index contributed by atoms with van der Waals surface area (Å²) in [5.74, 6) is -0.276. The van der Waals surface area contributed by atoms with Crippen LogP contribution >= 0.6 is 12.6 Å². The van der Waals surface area contributed by atoms with E-state index in [0.29, 0.717) is 21.9 Å². The standard InChI is InChI=1S/C13H12FN3S/c1-7-3-4-8(2)17(7)12-6-11-10(5-9(12)14)15-13(18)16-11/h3-6H,1-2H3,(H2,15,16,18). The van der Waals surface area contributed by atoms with Gasteiger partial charge < -0.3 is 9.55 Å². The van der Waals surface area contributed by atoms with Crippen molar-refractivity contribution in [2.45, 2.75) is 19.0 Å². The SMILES string of the molecule is Cc1ccc(C)n1-c1cc2nc(S)[nH]c2cc1F. The Bertz CT molecular complexity index is 723. The van der Waals surface area contributed by atoms with E-state index in [4.69, 9.17) is 0 Å². The maximum absolute atomic E-state index is 14.2. The molecular weight excluding hydrogens is 249 g/mol. The topological polar surface area (TPSA) is 33.6 Å². The van der Waals surface area contributed by atoms with Crippen LogP contribution in [0.3, 0.4) is 0 Å². The molecule has 3 nitrogen and oxygen atoms in total. The smallest absolute Gasteiger partial charge is 0.163 e. The number of aryl methyl sites for hydroxylation is 2. The summed E-state index contributed by atoms with van der Waals surface area (Å²) in [6.45, 7) is 3.90. The third-order valence-corrected chi connectivity index (χ3v) is 3.26. The molecule has 0 spiro atoms. The first-order valence-corrected chi connectivity index (χ1v) is 6.04. The zero-order valence-corrected chi connectivity index (χ0v) is 10.9. The molecule has 0 aliphatic carbocycles. The second kappa shape index (κ2) is 3.88. The summed E-state index contributed by atoms with van der Waals surface area (Å²) < 4.78 is 16.0. The van der Waals surface area contributed by atoms with Crippen molar-refractivity contribution >= 4 is 23.7 Å². The van der Waals surface area contributed by atoms with Crippen molar-refractivity contribution in [2.24, 2.45) is 0 Å². The monoisotopic (exact) mass is 261 g/mol. The molecular formula is C13H12FN3S. The number of halogens is 1. The minimum Gasteiger partial charge on any atom is -0.333 e. The minimum absolute atomic E-state index is 0.276. The van der Waals surface area contributed by atoms with Crippen LogP contribution in [0.15, 0.2) is 29.4 Å². The van der Waals surface area contributed by atoms with E-state index in [1.807, 2.05) is 30.5 Å². The number of aromatic amines is 1. The molecule has 5 heteroatoms. The van der Waals surface area contributed by atoms with Crippen LogP contribution in [0, 0.1) is 19.7 Å². The Kier molecular flexibility index (Phi) is 2.45. The normalized spacial score (nSPS) is 11.3. The molecule has 3 aromatic rings. The van der Waals surface area contributed by atoms with Gasteiger partial charge >= 0.3 is 0 Å². The van der Waals surface area contributed by atoms with Crippen molar-refractivity contribution in [2.75, 3.05) is 0 Å². The van der Waals surface area contributed by atoms with Crippen molar-refractivity contribution in [1.82, 2.24) is 14.5 Å². The molecule has 0 atom stereocenters. The van der Waals surface area contributed by atoms with E-state index in [9.17, 15) is 4.39 Å². The Morgan fingerprint density at radius 3 is 2.56 bits per heavy atom. The second-order valence-corrected chi connectivity index (χ2v) is 4.76. The van der Waals surface area contributed by atoms with Gasteiger partial charge in [-0.3, -0.25) is 0 Å². The van der Waals surface area contributed by atoms with Crippen LogP contribution in [-0.2, 0) is 0 Å². The van der Waals surface area contributed by atoms with Crippen LogP contribution in [0.25, 0.3) is 16.7 Å². The molecule has 2 heterocycles. The van der Waals surface area contributed by atoms with Crippen LogP contribution in [0.2, 0.25) is 0 Å². The summed E-state index contributed by atoms with van der Waals surface area (Å²) in [5, 5.41) is 0.488. The first-order valence-electron chi connectivity index (χ1n) is 5.60. The lowest BCUT2D eigenvalue weighted by molar-refractivity contribution is 0.617. The van der Waals surface area contributed by atoms with Gasteiger partial charge in [-0.25, -0.2) is 9.37 Å². The number of fused-ring (bicyclic) bond motifs is 1. The Morgan fingerprint density at radius 1 is 1.22 bits per heavy atom. The van der Waals surface area contributed by atoms with Crippen molar-refractivity contribution in [3.05, 3.63) is 41.5 Å². The summed E-state index contributed by atoms with van der Waals surface area (Å²) in [6.07, 6.45) is 0. The van der Waals surface area contributed by atoms with Gasteiger partial charge in [-0.2, -0.15) is 0 Å². The zero-order valence-electron chi connectivity index (χ0n) is 10.0. The Morgan fingerprint density at radius 2 is 1.89 bits per heavy atom. The third kappa shape index (κ3) is 1.62. The number of benzene rings is 1. The highest BCUT2D eigenvalue weighted by Crippen LogP contribution is 2.24. The first kappa shape index (κ1) is 11.3. The first-order chi connectivity index (χ1) is 8.56. The molecule has 0 saturated heterocycles. The van der Waals surface area contributed by atoms with Crippen LogP contribution in [0.1, 0.15) is 11.4 Å². The van der Waals surface area contributed by atoms with E-state index in [-0.39, 0.29) is 5.82 Å². The average molecular weight is 261 g/mol. The maximum atomic E-state index is 14.2. The highest BCUT2D eigenvalue weighted by Gasteiger charge is 2.12. The predicted molar refractivity (Wildman–Crippen MR) is 72.1 cm³/mol. The molecule has 0 unspecified atom stereocenters. The van der Waals surface area contributed by atoms with Crippen LogP contribution in [-0.4, -0.2) is 14.5 Å². The van der Waals surface area contributed by atoms with E-state index in [0.717, 1.165) is 11.4 Å². The summed E-state index contributed by atoms with van der Waals surface area (Å²) in [4.78, 5) is 7.12. The largest absolute Gasteiger partial charge is 0.333 e. The number of H-pyrrole nitrogens is 1. The van der Waals surface area contributed by atoms with E-state index in [2.05, 4.69) is 22.6 Å². The fraction of sp³-hybridized carbons (Fsp3) is 0.154. The second-order valence-electron chi connectivity index (χ2n) is 4.33. The number of nitrogens with zero attached hydrogens (tertiary/aromatic N) is 2. The molecule has 0 amide bonds. The molecule has 0 bridgehead atoms. The summed E-state index contributed by atoms with van der Waals surface area (Å²) >= 11 is 4.13. The number of nitrogens with one attached hydrogen (secondary N) is 1. The van der Waals surface area contributed by atoms with Gasteiger partial charge in [0, 0.05) is 17.5 Å². The highest BCUT2D eigenvalue weighted by atomic mass is 32.1. The molecule has 0 radical (unpaired) electrons. The lowest BCUT2D eigenvalue weighted by atomic mass is 10.2. The van der Waals surface area contributed by atoms with Crippen molar-refractivity contribution < 1.29 is 4.39 Å². The molecule has 0 fully saturated rings. The third-order valence-electron chi connectivity index (χ3n) is 3.05. The molecule has 92 valence electrons. The van der Waals surface area contributed by atoms with E-state index < -0.39 is 0 Å². The molecule has 0 saturated carbocycles. The number of thiol groups is 1. The number of rotatable bonds is 1. The molecule has 3 rings (SSSR count). The summed E-state index contributed by atoms with van der Waals surface area (Å²) in [6, 6.07) is 7.12. The van der Waals surface area contributed by atoms with E-state index in [1.54, 1.807) is 6.07 Å². The molecule has 0 aliphatic heterocycles. The van der Waals surface area contributed by atoms with Gasteiger partial charge in [0.1, 0.15) is 5.82 Å². The number of hydrogen-bond donors (Lipinski definition) is 2. The van der Waals surface area contributed by atoms with Gasteiger partial charge in [-0.05, 0) is 32.0 Å². The quantitative estimate of drug-likeness (QED) is 0.647. The molecule has 0 aliphatic rings. The molecule has 1 N–H and O–H groups in total. The van der Waals surface area contributed by atoms with Crippen molar-refractivity contribution in [3.63, 3.8) is 0 Å². The zero-order chi connectivity index (χ0) is 12.9. The minimum atomic E-state index is -0.276. The van der Waals surface area contributed by atoms with Crippen LogP contribution < -0.4 is 0 Å². The van der Waals surface area contributed by atoms with Crippen LogP contribution in [0.5, 0.6) is 0 Å². The van der Waals surface area contributed by atoms with Crippen LogP contribution in [0.4, 0.5) is 4.39 Å². The number of hydrogen-bond acceptors (Lipinski definition) is 2. The highest BCUT2D eigenvalue weighted by molar-refractivity contribution is 7.80. The Hall–Kier alpha value is -1.75. The maximum Gasteiger partial charge on any atom is 0.163 e. The summed E-state index contributed by atoms with van der Waals surface area (Å²) in [5.41, 5.74) is 3.87. The van der Waals surface area contributed by atoms with Gasteiger partial charge in [0.25, 0.3) is 0 Å². The Balaban J connectivity index is 2.32. The van der Waals surface area contributed by atoms with E-state index in [1.165, 1.54) is 6.07 Å². The lowest BCUT2D eigenvalue weighted by Gasteiger charge is -2.10.